The molecule has 3 N–H and O–H groups in total. The van der Waals surface area contributed by atoms with Crippen molar-refractivity contribution in [1.29, 1.82) is 0 Å². The van der Waals surface area contributed by atoms with Crippen LogP contribution in [0.15, 0.2) is 64.8 Å². The molecule has 0 unspecified atom stereocenters. The summed E-state index contributed by atoms with van der Waals surface area (Å²) in [7, 11) is 0. The van der Waals surface area contributed by atoms with E-state index >= 15 is 0 Å². The summed E-state index contributed by atoms with van der Waals surface area (Å²) in [5.74, 6) is -0.269. The molecule has 138 valence electrons. The Morgan fingerprint density at radius 2 is 1.44 bits per heavy atom. The first-order valence-corrected chi connectivity index (χ1v) is 9.64. The Balaban J connectivity index is 1.53. The minimum absolute atomic E-state index is 0.0443. The van der Waals surface area contributed by atoms with E-state index < -0.39 is 0 Å². The van der Waals surface area contributed by atoms with Gasteiger partial charge in [-0.15, -0.1) is 0 Å². The minimum atomic E-state index is -0.269. The van der Waals surface area contributed by atoms with Crippen molar-refractivity contribution in [2.45, 2.75) is 0 Å². The molecule has 0 saturated carbocycles. The highest BCUT2D eigenvalue weighted by molar-refractivity contribution is 6.05. The van der Waals surface area contributed by atoms with Crippen LogP contribution >= 0.6 is 0 Å². The van der Waals surface area contributed by atoms with Gasteiger partial charge in [-0.3, -0.25) is 0 Å². The maximum atomic E-state index is 13.9. The van der Waals surface area contributed by atoms with Gasteiger partial charge in [-0.25, -0.2) is 19.1 Å². The second-order valence-electron chi connectivity index (χ2n) is 8.17. The van der Waals surface area contributed by atoms with Crippen molar-refractivity contribution >= 4 is 11.9 Å². The van der Waals surface area contributed by atoms with Gasteiger partial charge in [-0.1, -0.05) is 48.5 Å². The molecular weight excluding hydrogens is 341 g/mol. The molecule has 0 atom stereocenters. The number of nitrogens with one attached hydrogen (secondary N) is 3. The lowest BCUT2D eigenvalue weighted by Gasteiger charge is -2.52. The van der Waals surface area contributed by atoms with Crippen LogP contribution < -0.4 is 14.7 Å². The van der Waals surface area contributed by atoms with Crippen LogP contribution in [-0.2, 0) is 0 Å². The first kappa shape index (κ1) is 16.7. The fourth-order valence-corrected chi connectivity index (χ4v) is 5.29. The van der Waals surface area contributed by atoms with Crippen molar-refractivity contribution < 1.29 is 19.1 Å². The Labute approximate surface area is 158 Å². The highest BCUT2D eigenvalue weighted by atomic mass is 19.1. The lowest BCUT2D eigenvalue weighted by molar-refractivity contribution is -1.30. The largest absolute Gasteiger partial charge is 0.241 e. The molecule has 0 spiro atoms. The number of hydrogen-bond acceptors (Lipinski definition) is 2. The van der Waals surface area contributed by atoms with Crippen LogP contribution in [0, 0.1) is 11.2 Å². The summed E-state index contributed by atoms with van der Waals surface area (Å²) >= 11 is 0. The smallest absolute Gasteiger partial charge is 0.213 e. The summed E-state index contributed by atoms with van der Waals surface area (Å²) in [5, 5.41) is 9.03. The molecule has 0 aromatic heterocycles. The summed E-state index contributed by atoms with van der Waals surface area (Å²) in [4.78, 5) is 4.97. The monoisotopic (exact) mass is 366 g/mol. The first-order chi connectivity index (χ1) is 13.2. The zero-order valence-electron chi connectivity index (χ0n) is 15.3. The van der Waals surface area contributed by atoms with Crippen LogP contribution in [0.4, 0.5) is 4.39 Å². The quantitative estimate of drug-likeness (QED) is 0.422. The highest BCUT2D eigenvalue weighted by Gasteiger charge is 2.60. The highest BCUT2D eigenvalue weighted by Crippen LogP contribution is 2.23. The van der Waals surface area contributed by atoms with Gasteiger partial charge in [-0.2, -0.15) is 10.2 Å². The second kappa shape index (κ2) is 6.64. The van der Waals surface area contributed by atoms with E-state index in [9.17, 15) is 4.39 Å². The Kier molecular flexibility index (Phi) is 4.11. The topological polar surface area (TPSA) is 38.0 Å². The molecule has 4 fully saturated rings. The number of nitrogens with zero attached hydrogens (tertiary/aromatic N) is 2. The number of hydrogen-bond donors (Lipinski definition) is 3. The molecule has 4 saturated heterocycles. The van der Waals surface area contributed by atoms with Crippen LogP contribution in [0.3, 0.4) is 0 Å². The summed E-state index contributed by atoms with van der Waals surface area (Å²) in [6.45, 7) is 6.98. The Hall–Kier alpha value is -2.41. The van der Waals surface area contributed by atoms with Crippen molar-refractivity contribution in [2.24, 2.45) is 15.6 Å². The molecule has 6 rings (SSSR count). The third kappa shape index (κ3) is 3.10. The fraction of sp³-hybridized carbons (Fsp3) is 0.333. The molecule has 2 aromatic rings. The zero-order chi connectivity index (χ0) is 18.3. The standard InChI is InChI=1S/C21H22FN5/c22-19-9-5-4-8-18(19)10-23-24-20(17-6-2-1-3-7-17)21-11-25-14-26(12-21)16-27(13-21)15-25/h1-10H,11-16H2/p+3/b23-10-,24-20-. The first-order valence-electron chi connectivity index (χ1n) is 9.64. The summed E-state index contributed by atoms with van der Waals surface area (Å²) < 4.78 is 13.9. The van der Waals surface area contributed by atoms with Gasteiger partial charge in [0.15, 0.2) is 5.41 Å². The maximum absolute atomic E-state index is 13.9. The van der Waals surface area contributed by atoms with Crippen LogP contribution in [-0.4, -0.2) is 51.6 Å². The van der Waals surface area contributed by atoms with Crippen LogP contribution in [0.1, 0.15) is 11.1 Å². The zero-order valence-corrected chi connectivity index (χ0v) is 15.3. The Bertz CT molecular complexity index is 857. The molecule has 27 heavy (non-hydrogen) atoms. The van der Waals surface area contributed by atoms with E-state index in [0.29, 0.717) is 5.56 Å². The minimum Gasteiger partial charge on any atom is -0.241 e. The summed E-state index contributed by atoms with van der Waals surface area (Å²) in [5.41, 5.74) is 2.70. The maximum Gasteiger partial charge on any atom is 0.213 e. The molecule has 4 aliphatic heterocycles. The van der Waals surface area contributed by atoms with Crippen LogP contribution in [0.2, 0.25) is 0 Å². The van der Waals surface area contributed by atoms with Gasteiger partial charge >= 0.3 is 0 Å². The third-order valence-corrected chi connectivity index (χ3v) is 6.07. The van der Waals surface area contributed by atoms with Gasteiger partial charge in [0.1, 0.15) is 25.5 Å². The van der Waals surface area contributed by atoms with Crippen molar-refractivity contribution in [1.82, 2.24) is 0 Å². The third-order valence-electron chi connectivity index (χ3n) is 6.07. The van der Waals surface area contributed by atoms with Gasteiger partial charge < -0.3 is 0 Å². The van der Waals surface area contributed by atoms with Crippen LogP contribution in [0.5, 0.6) is 0 Å². The van der Waals surface area contributed by atoms with Gasteiger partial charge in [0.25, 0.3) is 0 Å². The van der Waals surface area contributed by atoms with Gasteiger partial charge in [-0.05, 0) is 11.6 Å². The molecule has 0 amide bonds. The number of rotatable bonds is 4. The lowest BCUT2D eigenvalue weighted by Crippen LogP contribution is -3.56. The average Bonchev–Trinajstić information content (AvgIpc) is 2.66. The molecule has 6 heteroatoms. The molecule has 0 radical (unpaired) electrons. The van der Waals surface area contributed by atoms with E-state index in [-0.39, 0.29) is 11.2 Å². The molecule has 5 nitrogen and oxygen atoms in total. The van der Waals surface area contributed by atoms with Gasteiger partial charge in [0.05, 0.1) is 11.9 Å². The molecule has 4 heterocycles. The lowest BCUT2D eigenvalue weighted by atomic mass is 9.74. The molecule has 4 bridgehead atoms. The van der Waals surface area contributed by atoms with E-state index in [1.54, 1.807) is 26.8 Å². The predicted octanol–water partition coefficient (Wildman–Crippen LogP) is -1.80. The van der Waals surface area contributed by atoms with E-state index in [1.165, 1.54) is 32.3 Å². The van der Waals surface area contributed by atoms with Crippen molar-refractivity contribution in [2.75, 3.05) is 39.6 Å². The second-order valence-corrected chi connectivity index (χ2v) is 8.17. The number of benzene rings is 2. The van der Waals surface area contributed by atoms with Crippen molar-refractivity contribution in [3.8, 4) is 0 Å². The summed E-state index contributed by atoms with van der Waals surface area (Å²) in [6.07, 6.45) is 1.53. The van der Waals surface area contributed by atoms with Gasteiger partial charge in [0.2, 0.25) is 20.0 Å². The average molecular weight is 366 g/mol. The SMILES string of the molecule is Fc1ccccc1/C=N\N=C(\c1ccccc1)C12C[NH+]3C[NH+](C[NH+](C3)C1)C2. The van der Waals surface area contributed by atoms with E-state index in [2.05, 4.69) is 29.4 Å². The number of halogens is 1. The van der Waals surface area contributed by atoms with Crippen molar-refractivity contribution in [3.05, 3.63) is 71.5 Å². The predicted molar refractivity (Wildman–Crippen MR) is 101 cm³/mol. The van der Waals surface area contributed by atoms with E-state index in [1.807, 2.05) is 12.1 Å². The van der Waals surface area contributed by atoms with Crippen LogP contribution in [0.25, 0.3) is 0 Å². The number of quaternary nitrogens is 3. The molecule has 2 aromatic carbocycles. The van der Waals surface area contributed by atoms with Gasteiger partial charge in [0, 0.05) is 5.56 Å². The Morgan fingerprint density at radius 1 is 0.852 bits per heavy atom. The molecular formula is C21H25FN5+3. The van der Waals surface area contributed by atoms with E-state index in [4.69, 9.17) is 5.10 Å². The van der Waals surface area contributed by atoms with E-state index in [0.717, 1.165) is 30.9 Å². The summed E-state index contributed by atoms with van der Waals surface area (Å²) in [6, 6.07) is 17.1. The molecule has 0 aliphatic carbocycles. The van der Waals surface area contributed by atoms with Crippen molar-refractivity contribution in [3.63, 3.8) is 0 Å². The Morgan fingerprint density at radius 3 is 2.07 bits per heavy atom. The fourth-order valence-electron chi connectivity index (χ4n) is 5.29. The molecule has 4 aliphatic rings. The normalized spacial score (nSPS) is 32.3.